The number of esters is 1. The van der Waals surface area contributed by atoms with E-state index < -0.39 is 0 Å². The number of hydrogen-bond acceptors (Lipinski definition) is 3. The fraction of sp³-hybridized carbons (Fsp3) is 0.250. The van der Waals surface area contributed by atoms with Gasteiger partial charge in [-0.3, -0.25) is 4.79 Å². The molecule has 0 spiro atoms. The first kappa shape index (κ1) is 15.3. The molecule has 1 heterocycles. The Bertz CT molecular complexity index is 701. The molecule has 0 fully saturated rings. The number of allylic oxidation sites excluding steroid dienone is 1. The Balaban J connectivity index is 1.99. The lowest BCUT2D eigenvalue weighted by Gasteiger charge is -2.28. The molecule has 0 N–H and O–H groups in total. The Hall–Kier alpha value is -2.55. The van der Waals surface area contributed by atoms with Gasteiger partial charge in [-0.2, -0.15) is 0 Å². The molecule has 0 saturated heterocycles. The molecule has 3 rings (SSSR count). The average molecular weight is 308 g/mol. The van der Waals surface area contributed by atoms with Crippen LogP contribution in [0.3, 0.4) is 0 Å². The quantitative estimate of drug-likeness (QED) is 0.785. The van der Waals surface area contributed by atoms with E-state index in [4.69, 9.17) is 9.47 Å². The first-order valence-electron chi connectivity index (χ1n) is 7.85. The highest BCUT2D eigenvalue weighted by atomic mass is 16.5. The van der Waals surface area contributed by atoms with Gasteiger partial charge in [0.15, 0.2) is 0 Å². The molecule has 0 radical (unpaired) electrons. The van der Waals surface area contributed by atoms with Crippen LogP contribution in [-0.2, 0) is 9.53 Å². The van der Waals surface area contributed by atoms with Crippen LogP contribution in [0.15, 0.2) is 60.7 Å². The van der Waals surface area contributed by atoms with Gasteiger partial charge in [0.25, 0.3) is 0 Å². The number of carbonyl (C=O) groups is 1. The Morgan fingerprint density at radius 3 is 2.35 bits per heavy atom. The van der Waals surface area contributed by atoms with Crippen molar-refractivity contribution in [2.45, 2.75) is 19.3 Å². The second kappa shape index (κ2) is 6.69. The van der Waals surface area contributed by atoms with Gasteiger partial charge in [-0.25, -0.2) is 0 Å². The van der Waals surface area contributed by atoms with Gasteiger partial charge in [0.1, 0.15) is 11.5 Å². The molecule has 0 bridgehead atoms. The van der Waals surface area contributed by atoms with E-state index in [1.807, 2.05) is 49.4 Å². The molecule has 118 valence electrons. The van der Waals surface area contributed by atoms with Crippen LogP contribution in [0.5, 0.6) is 5.75 Å². The minimum absolute atomic E-state index is 0.0413. The molecule has 1 aliphatic rings. The maximum atomic E-state index is 12.4. The topological polar surface area (TPSA) is 35.5 Å². The Labute approximate surface area is 136 Å². The van der Waals surface area contributed by atoms with Crippen molar-refractivity contribution in [2.24, 2.45) is 5.92 Å². The summed E-state index contributed by atoms with van der Waals surface area (Å²) in [6.07, 6.45) is 2.82. The summed E-state index contributed by atoms with van der Waals surface area (Å²) in [4.78, 5) is 12.4. The molecule has 2 atom stereocenters. The van der Waals surface area contributed by atoms with Gasteiger partial charge in [0.05, 0.1) is 13.0 Å². The van der Waals surface area contributed by atoms with E-state index >= 15 is 0 Å². The maximum absolute atomic E-state index is 12.4. The van der Waals surface area contributed by atoms with Crippen LogP contribution < -0.4 is 4.74 Å². The minimum atomic E-state index is -0.158. The van der Waals surface area contributed by atoms with E-state index in [-0.39, 0.29) is 17.8 Å². The highest BCUT2D eigenvalue weighted by Crippen LogP contribution is 2.37. The number of methoxy groups -OCH3 is 1. The summed E-state index contributed by atoms with van der Waals surface area (Å²) in [7, 11) is 1.63. The number of hydrogen-bond donors (Lipinski definition) is 0. The third kappa shape index (κ3) is 3.14. The first-order chi connectivity index (χ1) is 11.2. The zero-order chi connectivity index (χ0) is 16.2. The molecule has 0 aliphatic carbocycles. The molecular formula is C20H20O3. The molecule has 2 aromatic rings. The van der Waals surface area contributed by atoms with Gasteiger partial charge in [-0.05, 0) is 42.3 Å². The van der Waals surface area contributed by atoms with Crippen molar-refractivity contribution in [3.63, 3.8) is 0 Å². The maximum Gasteiger partial charge on any atom is 0.315 e. The molecule has 2 aromatic carbocycles. The second-order valence-corrected chi connectivity index (χ2v) is 5.63. The highest BCUT2D eigenvalue weighted by Gasteiger charge is 2.33. The van der Waals surface area contributed by atoms with Crippen molar-refractivity contribution in [1.29, 1.82) is 0 Å². The Morgan fingerprint density at radius 1 is 1.04 bits per heavy atom. The van der Waals surface area contributed by atoms with Crippen molar-refractivity contribution in [3.8, 4) is 5.75 Å². The molecule has 3 heteroatoms. The number of rotatable bonds is 4. The summed E-state index contributed by atoms with van der Waals surface area (Å²) in [5, 5.41) is 0. The van der Waals surface area contributed by atoms with E-state index in [1.54, 1.807) is 7.11 Å². The van der Waals surface area contributed by atoms with Crippen LogP contribution in [0, 0.1) is 5.92 Å². The van der Waals surface area contributed by atoms with Gasteiger partial charge in [0.2, 0.25) is 0 Å². The van der Waals surface area contributed by atoms with Crippen LogP contribution in [-0.4, -0.2) is 13.1 Å². The summed E-state index contributed by atoms with van der Waals surface area (Å²) in [5.74, 6) is 1.15. The normalized spacial score (nSPS) is 20.6. The lowest BCUT2D eigenvalue weighted by molar-refractivity contribution is -0.142. The summed E-state index contributed by atoms with van der Waals surface area (Å²) < 4.78 is 10.8. The van der Waals surface area contributed by atoms with Crippen LogP contribution in [0.4, 0.5) is 0 Å². The number of benzene rings is 2. The van der Waals surface area contributed by atoms with Gasteiger partial charge < -0.3 is 9.47 Å². The molecule has 1 aliphatic heterocycles. The fourth-order valence-electron chi connectivity index (χ4n) is 2.98. The van der Waals surface area contributed by atoms with E-state index in [9.17, 15) is 4.79 Å². The monoisotopic (exact) mass is 308 g/mol. The minimum Gasteiger partial charge on any atom is -0.497 e. The Morgan fingerprint density at radius 2 is 1.74 bits per heavy atom. The van der Waals surface area contributed by atoms with Crippen molar-refractivity contribution >= 4 is 11.7 Å². The van der Waals surface area contributed by atoms with Gasteiger partial charge in [-0.1, -0.05) is 37.3 Å². The number of carbonyl (C=O) groups excluding carboxylic acids is 1. The lowest BCUT2D eigenvalue weighted by atomic mass is 9.82. The van der Waals surface area contributed by atoms with Crippen LogP contribution >= 0.6 is 0 Å². The molecule has 0 saturated carbocycles. The van der Waals surface area contributed by atoms with E-state index in [0.717, 1.165) is 23.3 Å². The molecule has 0 amide bonds. The molecule has 23 heavy (non-hydrogen) atoms. The zero-order valence-corrected chi connectivity index (χ0v) is 13.4. The molecule has 0 unspecified atom stereocenters. The summed E-state index contributed by atoms with van der Waals surface area (Å²) in [6.45, 7) is 2.02. The first-order valence-corrected chi connectivity index (χ1v) is 7.85. The molecule has 0 aromatic heterocycles. The Kier molecular flexibility index (Phi) is 4.47. The van der Waals surface area contributed by atoms with Crippen molar-refractivity contribution in [1.82, 2.24) is 0 Å². The van der Waals surface area contributed by atoms with Crippen molar-refractivity contribution in [3.05, 3.63) is 71.8 Å². The predicted molar refractivity (Wildman–Crippen MR) is 90.0 cm³/mol. The van der Waals surface area contributed by atoms with E-state index in [1.165, 1.54) is 0 Å². The summed E-state index contributed by atoms with van der Waals surface area (Å²) in [5.41, 5.74) is 2.02. The fourth-order valence-corrected chi connectivity index (χ4v) is 2.98. The zero-order valence-electron chi connectivity index (χ0n) is 13.4. The van der Waals surface area contributed by atoms with Crippen molar-refractivity contribution < 1.29 is 14.3 Å². The van der Waals surface area contributed by atoms with E-state index in [2.05, 4.69) is 18.2 Å². The largest absolute Gasteiger partial charge is 0.497 e. The standard InChI is InChI=1S/C20H20O3/c1-3-17-18(14-7-5-4-6-8-14)13-19(23-20(17)21)15-9-11-16(22-2)12-10-15/h4-13,17-18H,3H2,1-2H3/t17-,18-/m1/s1. The van der Waals surface area contributed by atoms with Crippen LogP contribution in [0.2, 0.25) is 0 Å². The van der Waals surface area contributed by atoms with Gasteiger partial charge in [-0.15, -0.1) is 0 Å². The number of cyclic esters (lactones) is 1. The lowest BCUT2D eigenvalue weighted by Crippen LogP contribution is -2.27. The van der Waals surface area contributed by atoms with Gasteiger partial charge >= 0.3 is 5.97 Å². The highest BCUT2D eigenvalue weighted by molar-refractivity contribution is 5.84. The molecular weight excluding hydrogens is 288 g/mol. The van der Waals surface area contributed by atoms with Crippen LogP contribution in [0.1, 0.15) is 30.4 Å². The van der Waals surface area contributed by atoms with Crippen LogP contribution in [0.25, 0.3) is 5.76 Å². The molecule has 3 nitrogen and oxygen atoms in total. The summed E-state index contributed by atoms with van der Waals surface area (Å²) >= 11 is 0. The smallest absolute Gasteiger partial charge is 0.315 e. The van der Waals surface area contributed by atoms with Crippen molar-refractivity contribution in [2.75, 3.05) is 7.11 Å². The SMILES string of the molecule is CC[C@H]1C(=O)OC(c2ccc(OC)cc2)=C[C@@H]1c1ccccc1. The summed E-state index contributed by atoms with van der Waals surface area (Å²) in [6, 6.07) is 17.7. The predicted octanol–water partition coefficient (Wildman–Crippen LogP) is 4.40. The third-order valence-corrected chi connectivity index (χ3v) is 4.28. The van der Waals surface area contributed by atoms with E-state index in [0.29, 0.717) is 5.76 Å². The third-order valence-electron chi connectivity index (χ3n) is 4.28. The average Bonchev–Trinajstić information content (AvgIpc) is 2.62. The van der Waals surface area contributed by atoms with Gasteiger partial charge in [0, 0.05) is 11.5 Å². The second-order valence-electron chi connectivity index (χ2n) is 5.63. The number of ether oxygens (including phenoxy) is 2.